The molecule has 0 aliphatic heterocycles. The average molecular weight is 543 g/mol. The molecule has 1 N–H and O–H groups in total. The van der Waals surface area contributed by atoms with E-state index in [1.807, 2.05) is 7.05 Å². The molecule has 0 atom stereocenters. The van der Waals surface area contributed by atoms with E-state index in [0.717, 1.165) is 25.3 Å². The highest BCUT2D eigenvalue weighted by Crippen LogP contribution is 2.29. The van der Waals surface area contributed by atoms with Gasteiger partial charge in [0, 0.05) is 3.57 Å². The largest absolute Gasteiger partial charge is 0.491 e. The molecule has 0 aliphatic carbocycles. The van der Waals surface area contributed by atoms with Crippen molar-refractivity contribution in [3.63, 3.8) is 0 Å². The van der Waals surface area contributed by atoms with Crippen LogP contribution in [0.4, 0.5) is 0 Å². The Kier molecular flexibility index (Phi) is 7.10. The van der Waals surface area contributed by atoms with Gasteiger partial charge in [-0.1, -0.05) is 0 Å². The molecule has 0 heterocycles. The first-order valence-corrected chi connectivity index (χ1v) is 7.80. The lowest BCUT2D eigenvalue weighted by atomic mass is 10.3. The van der Waals surface area contributed by atoms with Gasteiger partial charge in [0.15, 0.2) is 0 Å². The van der Waals surface area contributed by atoms with Gasteiger partial charge in [-0.05, 0) is 99.9 Å². The Balaban J connectivity index is 2.60. The maximum Gasteiger partial charge on any atom is 0.145 e. The number of hydrogen-bond acceptors (Lipinski definition) is 2. The summed E-state index contributed by atoms with van der Waals surface area (Å²) in [5, 5.41) is 3.11. The van der Waals surface area contributed by atoms with E-state index in [1.54, 1.807) is 0 Å². The third-order valence-corrected chi connectivity index (χ3v) is 4.01. The molecule has 0 aliphatic rings. The molecule has 0 fully saturated rings. The molecule has 0 amide bonds. The number of hydrogen-bond donors (Lipinski definition) is 1. The summed E-state index contributed by atoms with van der Waals surface area (Å²) in [6.45, 7) is 1.77. The Morgan fingerprint density at radius 2 is 1.80 bits per heavy atom. The first kappa shape index (κ1) is 14.2. The maximum absolute atomic E-state index is 5.77. The van der Waals surface area contributed by atoms with E-state index in [1.165, 1.54) is 10.7 Å². The highest BCUT2D eigenvalue weighted by atomic mass is 127. The third kappa shape index (κ3) is 4.90. The van der Waals surface area contributed by atoms with Crippen LogP contribution in [0.15, 0.2) is 12.1 Å². The lowest BCUT2D eigenvalue weighted by Crippen LogP contribution is -2.12. The van der Waals surface area contributed by atoms with E-state index >= 15 is 0 Å². The van der Waals surface area contributed by atoms with E-state index in [9.17, 15) is 0 Å². The van der Waals surface area contributed by atoms with Crippen molar-refractivity contribution < 1.29 is 4.74 Å². The van der Waals surface area contributed by atoms with Crippen LogP contribution in [0, 0.1) is 10.7 Å². The fourth-order valence-corrected chi connectivity index (χ4v) is 4.98. The van der Waals surface area contributed by atoms with Crippen LogP contribution in [-0.4, -0.2) is 20.2 Å². The number of halogens is 3. The van der Waals surface area contributed by atoms with Crippen LogP contribution in [0.1, 0.15) is 6.42 Å². The van der Waals surface area contributed by atoms with Gasteiger partial charge in [-0.2, -0.15) is 0 Å². The molecule has 5 heteroatoms. The smallest absolute Gasteiger partial charge is 0.145 e. The fraction of sp³-hybridized carbons (Fsp3) is 0.400. The van der Waals surface area contributed by atoms with Gasteiger partial charge in [-0.25, -0.2) is 0 Å². The van der Waals surface area contributed by atoms with Gasteiger partial charge in [0.05, 0.1) is 13.7 Å². The predicted molar refractivity (Wildman–Crippen MR) is 88.6 cm³/mol. The summed E-state index contributed by atoms with van der Waals surface area (Å²) in [4.78, 5) is 0. The van der Waals surface area contributed by atoms with Crippen LogP contribution in [0.3, 0.4) is 0 Å². The number of benzene rings is 1. The Bertz CT molecular complexity index is 307. The van der Waals surface area contributed by atoms with Gasteiger partial charge in [-0.3, -0.25) is 0 Å². The van der Waals surface area contributed by atoms with E-state index in [0.29, 0.717) is 0 Å². The monoisotopic (exact) mass is 543 g/mol. The van der Waals surface area contributed by atoms with Crippen molar-refractivity contribution in [3.05, 3.63) is 22.8 Å². The summed E-state index contributed by atoms with van der Waals surface area (Å²) in [5.41, 5.74) is 0. The van der Waals surface area contributed by atoms with Crippen molar-refractivity contribution >= 4 is 67.8 Å². The first-order valence-electron chi connectivity index (χ1n) is 4.57. The van der Waals surface area contributed by atoms with Gasteiger partial charge in [0.1, 0.15) is 5.75 Å². The van der Waals surface area contributed by atoms with Gasteiger partial charge < -0.3 is 10.1 Å². The minimum Gasteiger partial charge on any atom is -0.491 e. The Labute approximate surface area is 131 Å². The second-order valence-corrected chi connectivity index (χ2v) is 6.57. The predicted octanol–water partition coefficient (Wildman–Crippen LogP) is 3.49. The molecule has 1 aromatic carbocycles. The second kappa shape index (κ2) is 7.49. The molecule has 0 aromatic heterocycles. The topological polar surface area (TPSA) is 21.3 Å². The summed E-state index contributed by atoms with van der Waals surface area (Å²) >= 11 is 6.97. The van der Waals surface area contributed by atoms with Crippen LogP contribution in [0.25, 0.3) is 0 Å². The van der Waals surface area contributed by atoms with Crippen LogP contribution in [0.5, 0.6) is 5.75 Å². The lowest BCUT2D eigenvalue weighted by molar-refractivity contribution is 0.305. The summed E-state index contributed by atoms with van der Waals surface area (Å²) in [5.74, 6) is 1.02. The van der Waals surface area contributed by atoms with Gasteiger partial charge in [0.2, 0.25) is 0 Å². The quantitative estimate of drug-likeness (QED) is 0.454. The second-order valence-electron chi connectivity index (χ2n) is 3.00. The number of nitrogens with one attached hydrogen (secondary N) is 1. The third-order valence-electron chi connectivity index (χ3n) is 1.78. The van der Waals surface area contributed by atoms with Gasteiger partial charge in [-0.15, -0.1) is 0 Å². The number of rotatable bonds is 5. The fourth-order valence-electron chi connectivity index (χ4n) is 1.09. The van der Waals surface area contributed by atoms with Crippen LogP contribution >= 0.6 is 67.8 Å². The molecule has 0 radical (unpaired) electrons. The Hall–Kier alpha value is 1.17. The van der Waals surface area contributed by atoms with Crippen molar-refractivity contribution in [2.75, 3.05) is 20.2 Å². The normalized spacial score (nSPS) is 10.4. The molecular formula is C10H12I3NO. The molecule has 1 rings (SSSR count). The van der Waals surface area contributed by atoms with E-state index in [4.69, 9.17) is 4.74 Å². The zero-order valence-corrected chi connectivity index (χ0v) is 14.8. The molecule has 1 aromatic rings. The standard InChI is InChI=1S/C10H12I3NO/c1-14-3-2-4-15-10-8(12)5-7(11)6-9(10)13/h5-6,14H,2-4H2,1H3. The zero-order chi connectivity index (χ0) is 11.3. The first-order chi connectivity index (χ1) is 7.15. The summed E-state index contributed by atoms with van der Waals surface area (Å²) in [7, 11) is 1.96. The highest BCUT2D eigenvalue weighted by Gasteiger charge is 2.07. The molecule has 0 saturated carbocycles. The van der Waals surface area contributed by atoms with Crippen molar-refractivity contribution in [3.8, 4) is 5.75 Å². The lowest BCUT2D eigenvalue weighted by Gasteiger charge is -2.10. The molecule has 0 saturated heterocycles. The SMILES string of the molecule is CNCCCOc1c(I)cc(I)cc1I. The minimum absolute atomic E-state index is 0.771. The minimum atomic E-state index is 0.771. The van der Waals surface area contributed by atoms with Crippen LogP contribution in [-0.2, 0) is 0 Å². The zero-order valence-electron chi connectivity index (χ0n) is 8.32. The highest BCUT2D eigenvalue weighted by molar-refractivity contribution is 14.1. The van der Waals surface area contributed by atoms with E-state index < -0.39 is 0 Å². The molecule has 2 nitrogen and oxygen atoms in total. The molecule has 84 valence electrons. The van der Waals surface area contributed by atoms with Crippen molar-refractivity contribution in [2.24, 2.45) is 0 Å². The van der Waals surface area contributed by atoms with Crippen LogP contribution < -0.4 is 10.1 Å². The summed E-state index contributed by atoms with van der Waals surface area (Å²) in [6.07, 6.45) is 1.04. The summed E-state index contributed by atoms with van der Waals surface area (Å²) in [6, 6.07) is 4.27. The van der Waals surface area contributed by atoms with Crippen molar-refractivity contribution in [2.45, 2.75) is 6.42 Å². The summed E-state index contributed by atoms with van der Waals surface area (Å²) < 4.78 is 9.40. The van der Waals surface area contributed by atoms with Gasteiger partial charge >= 0.3 is 0 Å². The molecule has 0 bridgehead atoms. The molecule has 15 heavy (non-hydrogen) atoms. The molecule has 0 unspecified atom stereocenters. The Morgan fingerprint density at radius 3 is 2.33 bits per heavy atom. The van der Waals surface area contributed by atoms with Crippen molar-refractivity contribution in [1.82, 2.24) is 5.32 Å². The molecular weight excluding hydrogens is 531 g/mol. The average Bonchev–Trinajstić information content (AvgIpc) is 2.15. The molecule has 0 spiro atoms. The number of ether oxygens (including phenoxy) is 1. The van der Waals surface area contributed by atoms with Crippen LogP contribution in [0.2, 0.25) is 0 Å². The van der Waals surface area contributed by atoms with Gasteiger partial charge in [0.25, 0.3) is 0 Å². The van der Waals surface area contributed by atoms with E-state index in [2.05, 4.69) is 85.2 Å². The van der Waals surface area contributed by atoms with Crippen molar-refractivity contribution in [1.29, 1.82) is 0 Å². The maximum atomic E-state index is 5.77. The van der Waals surface area contributed by atoms with E-state index in [-0.39, 0.29) is 0 Å². The Morgan fingerprint density at radius 1 is 1.20 bits per heavy atom.